The van der Waals surface area contributed by atoms with Crippen molar-refractivity contribution in [2.24, 2.45) is 10.7 Å². The van der Waals surface area contributed by atoms with E-state index >= 15 is 0 Å². The lowest BCUT2D eigenvalue weighted by Crippen LogP contribution is -2.35. The van der Waals surface area contributed by atoms with Crippen LogP contribution in [0.5, 0.6) is 0 Å². The number of hydrogen-bond acceptors (Lipinski definition) is 1. The van der Waals surface area contributed by atoms with Crippen LogP contribution in [-0.2, 0) is 5.41 Å². The Kier molecular flexibility index (Phi) is 5.94. The van der Waals surface area contributed by atoms with Gasteiger partial charge in [-0.1, -0.05) is 40.9 Å². The zero-order chi connectivity index (χ0) is 14.0. The van der Waals surface area contributed by atoms with E-state index in [0.717, 1.165) is 11.0 Å². The molecule has 2 fully saturated rings. The minimum atomic E-state index is 0. The molecule has 0 radical (unpaired) electrons. The van der Waals surface area contributed by atoms with Crippen molar-refractivity contribution in [1.29, 1.82) is 0 Å². The van der Waals surface area contributed by atoms with Crippen molar-refractivity contribution in [2.75, 3.05) is 6.54 Å². The molecule has 3 nitrogen and oxygen atoms in total. The molecule has 3 N–H and O–H groups in total. The van der Waals surface area contributed by atoms with E-state index in [1.807, 2.05) is 0 Å². The van der Waals surface area contributed by atoms with Gasteiger partial charge in [-0.05, 0) is 43.4 Å². The fourth-order valence-corrected chi connectivity index (χ4v) is 3.53. The van der Waals surface area contributed by atoms with Gasteiger partial charge in [0.25, 0.3) is 0 Å². The van der Waals surface area contributed by atoms with Crippen LogP contribution in [-0.4, -0.2) is 18.5 Å². The van der Waals surface area contributed by atoms with Crippen molar-refractivity contribution in [3.63, 3.8) is 0 Å². The number of nitrogens with zero attached hydrogens (tertiary/aromatic N) is 1. The Bertz CT molecular complexity index is 508. The van der Waals surface area contributed by atoms with Crippen LogP contribution >= 0.6 is 39.9 Å². The lowest BCUT2D eigenvalue weighted by atomic mass is 9.79. The number of aliphatic imine (C=N–C) groups is 1. The summed E-state index contributed by atoms with van der Waals surface area (Å²) in [7, 11) is 0. The molecule has 0 amide bonds. The number of benzene rings is 1. The first-order valence-corrected chi connectivity index (χ1v) is 8.30. The largest absolute Gasteiger partial charge is 0.370 e. The van der Waals surface area contributed by atoms with Gasteiger partial charge in [0.1, 0.15) is 0 Å². The van der Waals surface area contributed by atoms with Crippen LogP contribution in [0.1, 0.15) is 44.1 Å². The Labute approximate surface area is 152 Å². The maximum Gasteiger partial charge on any atom is 0.188 e. The van der Waals surface area contributed by atoms with Gasteiger partial charge in [0.2, 0.25) is 0 Å². The van der Waals surface area contributed by atoms with Crippen LogP contribution in [0.25, 0.3) is 0 Å². The zero-order valence-electron chi connectivity index (χ0n) is 12.1. The second-order valence-corrected chi connectivity index (χ2v) is 7.03. The van der Waals surface area contributed by atoms with Gasteiger partial charge < -0.3 is 11.1 Å². The van der Waals surface area contributed by atoms with Gasteiger partial charge >= 0.3 is 0 Å². The van der Waals surface area contributed by atoms with Crippen molar-refractivity contribution in [3.8, 4) is 0 Å². The van der Waals surface area contributed by atoms with Crippen LogP contribution in [0, 0.1) is 0 Å². The van der Waals surface area contributed by atoms with Gasteiger partial charge in [-0.3, -0.25) is 4.99 Å². The Balaban J connectivity index is 0.00000161. The maximum atomic E-state index is 5.99. The highest BCUT2D eigenvalue weighted by molar-refractivity contribution is 14.0. The van der Waals surface area contributed by atoms with Crippen molar-refractivity contribution in [2.45, 2.75) is 50.0 Å². The quantitative estimate of drug-likeness (QED) is 0.403. The highest BCUT2D eigenvalue weighted by atomic mass is 127. The third-order valence-electron chi connectivity index (χ3n) is 4.48. The third-order valence-corrected chi connectivity index (χ3v) is 4.97. The normalized spacial score (nSPS) is 20.9. The molecule has 0 atom stereocenters. The zero-order valence-corrected chi connectivity index (χ0v) is 16.1. The summed E-state index contributed by atoms with van der Waals surface area (Å²) in [4.78, 5) is 4.63. The molecule has 1 aromatic rings. The first kappa shape index (κ1) is 17.1. The van der Waals surface area contributed by atoms with E-state index in [-0.39, 0.29) is 29.4 Å². The lowest BCUT2D eigenvalue weighted by Gasteiger charge is -2.28. The molecule has 2 saturated carbocycles. The molecule has 1 aromatic carbocycles. The van der Waals surface area contributed by atoms with Crippen molar-refractivity contribution < 1.29 is 0 Å². The summed E-state index contributed by atoms with van der Waals surface area (Å²) in [6.07, 6.45) is 7.46. The van der Waals surface area contributed by atoms with E-state index in [9.17, 15) is 0 Å². The number of nitrogens with one attached hydrogen (secondary N) is 1. The van der Waals surface area contributed by atoms with Crippen molar-refractivity contribution in [3.05, 3.63) is 34.3 Å². The molecular formula is C16H23BrIN3. The Morgan fingerprint density at radius 3 is 2.67 bits per heavy atom. The molecule has 2 aliphatic rings. The second-order valence-electron chi connectivity index (χ2n) is 6.12. The third kappa shape index (κ3) is 4.34. The molecule has 3 rings (SSSR count). The number of rotatable bonds is 4. The molecule has 0 saturated heterocycles. The fraction of sp³-hybridized carbons (Fsp3) is 0.562. The number of guanidine groups is 1. The van der Waals surface area contributed by atoms with E-state index < -0.39 is 0 Å². The summed E-state index contributed by atoms with van der Waals surface area (Å²) in [5.41, 5.74) is 7.57. The summed E-state index contributed by atoms with van der Waals surface area (Å²) < 4.78 is 1.15. The highest BCUT2D eigenvalue weighted by Gasteiger charge is 2.35. The SMILES string of the molecule is I.NC(=NCC1(c2cccc(Br)c2)CCCC1)NC1CC1. The molecule has 116 valence electrons. The lowest BCUT2D eigenvalue weighted by molar-refractivity contribution is 0.453. The molecule has 0 bridgehead atoms. The van der Waals surface area contributed by atoms with Gasteiger partial charge in [-0.2, -0.15) is 0 Å². The summed E-state index contributed by atoms with van der Waals surface area (Å²) in [5.74, 6) is 0.619. The molecule has 0 heterocycles. The minimum Gasteiger partial charge on any atom is -0.370 e. The molecule has 0 unspecified atom stereocenters. The van der Waals surface area contributed by atoms with Crippen molar-refractivity contribution >= 4 is 45.9 Å². The first-order chi connectivity index (χ1) is 9.68. The standard InChI is InChI=1S/C16H22BrN3.HI/c17-13-5-3-4-12(10-13)16(8-1-2-9-16)11-19-15(18)20-14-6-7-14;/h3-5,10,14H,1-2,6-9,11H2,(H3,18,19,20);1H. The summed E-state index contributed by atoms with van der Waals surface area (Å²) in [6, 6.07) is 9.25. The van der Waals surface area contributed by atoms with E-state index in [1.54, 1.807) is 0 Å². The molecule has 0 aliphatic heterocycles. The van der Waals surface area contributed by atoms with Gasteiger partial charge in [-0.25, -0.2) is 0 Å². The fourth-order valence-electron chi connectivity index (χ4n) is 3.13. The Morgan fingerprint density at radius 2 is 2.05 bits per heavy atom. The first-order valence-electron chi connectivity index (χ1n) is 7.50. The minimum absolute atomic E-state index is 0. The summed E-state index contributed by atoms with van der Waals surface area (Å²) in [5, 5.41) is 3.28. The predicted octanol–water partition coefficient (Wildman–Crippen LogP) is 3.95. The summed E-state index contributed by atoms with van der Waals surface area (Å²) in [6.45, 7) is 0.801. The van der Waals surface area contributed by atoms with Crippen LogP contribution in [0.3, 0.4) is 0 Å². The van der Waals surface area contributed by atoms with Crippen LogP contribution in [0.15, 0.2) is 33.7 Å². The molecular weight excluding hydrogens is 441 g/mol. The Morgan fingerprint density at radius 1 is 1.33 bits per heavy atom. The monoisotopic (exact) mass is 463 g/mol. The Hall–Kier alpha value is -0.300. The highest BCUT2D eigenvalue weighted by Crippen LogP contribution is 2.42. The topological polar surface area (TPSA) is 50.4 Å². The van der Waals surface area contributed by atoms with Crippen LogP contribution < -0.4 is 11.1 Å². The maximum absolute atomic E-state index is 5.99. The van der Waals surface area contributed by atoms with Crippen molar-refractivity contribution in [1.82, 2.24) is 5.32 Å². The van der Waals surface area contributed by atoms with E-state index in [4.69, 9.17) is 5.73 Å². The van der Waals surface area contributed by atoms with E-state index in [0.29, 0.717) is 12.0 Å². The number of halogens is 2. The van der Waals surface area contributed by atoms with Crippen LogP contribution in [0.2, 0.25) is 0 Å². The number of hydrogen-bond donors (Lipinski definition) is 2. The average molecular weight is 464 g/mol. The molecule has 5 heteroatoms. The molecule has 2 aliphatic carbocycles. The molecule has 0 spiro atoms. The van der Waals surface area contributed by atoms with E-state index in [2.05, 4.69) is 50.5 Å². The average Bonchev–Trinajstić information content (AvgIpc) is 3.11. The second kappa shape index (κ2) is 7.31. The van der Waals surface area contributed by atoms with E-state index in [1.165, 1.54) is 44.1 Å². The predicted molar refractivity (Wildman–Crippen MR) is 102 cm³/mol. The van der Waals surface area contributed by atoms with Gasteiger partial charge in [-0.15, -0.1) is 24.0 Å². The molecule has 0 aromatic heterocycles. The summed E-state index contributed by atoms with van der Waals surface area (Å²) >= 11 is 3.58. The van der Waals surface area contributed by atoms with Gasteiger partial charge in [0.15, 0.2) is 5.96 Å². The van der Waals surface area contributed by atoms with Crippen LogP contribution in [0.4, 0.5) is 0 Å². The molecule has 21 heavy (non-hydrogen) atoms. The smallest absolute Gasteiger partial charge is 0.188 e. The number of nitrogens with two attached hydrogens (primary N) is 1. The van der Waals surface area contributed by atoms with Gasteiger partial charge in [0, 0.05) is 15.9 Å². The van der Waals surface area contributed by atoms with Gasteiger partial charge in [0.05, 0.1) is 6.54 Å².